The molecule has 1 aromatic carbocycles. The summed E-state index contributed by atoms with van der Waals surface area (Å²) < 4.78 is 5.56. The van der Waals surface area contributed by atoms with Crippen LogP contribution >= 0.6 is 12.4 Å². The van der Waals surface area contributed by atoms with Gasteiger partial charge in [0.05, 0.1) is 0 Å². The molecule has 1 unspecified atom stereocenters. The Morgan fingerprint density at radius 1 is 1.38 bits per heavy atom. The molecule has 1 rings (SSSR count). The monoisotopic (exact) mass is 316 g/mol. The first kappa shape index (κ1) is 19.7. The molecular formula is C15H23ClNO4-. The van der Waals surface area contributed by atoms with Crippen LogP contribution < -0.4 is 15.2 Å². The highest BCUT2D eigenvalue weighted by Crippen LogP contribution is 2.19. The number of benzene rings is 1. The lowest BCUT2D eigenvalue weighted by atomic mass is 10.1. The molecule has 0 spiro atoms. The maximum atomic E-state index is 10.5. The molecule has 0 aliphatic heterocycles. The third-order valence-electron chi connectivity index (χ3n) is 2.76. The van der Waals surface area contributed by atoms with Crippen molar-refractivity contribution in [3.8, 4) is 5.75 Å². The number of ether oxygens (including phenoxy) is 1. The largest absolute Gasteiger partial charge is 0.550 e. The van der Waals surface area contributed by atoms with Gasteiger partial charge in [-0.15, -0.1) is 12.4 Å². The van der Waals surface area contributed by atoms with Crippen LogP contribution in [0.15, 0.2) is 24.3 Å². The SMILES string of the molecule is CC(C)NCC(O)COc1ccccc1CCC(=O)[O-].Cl. The number of carboxylic acids is 1. The van der Waals surface area contributed by atoms with Crippen LogP contribution in [0.2, 0.25) is 0 Å². The van der Waals surface area contributed by atoms with Gasteiger partial charge in [0.25, 0.3) is 0 Å². The number of aliphatic hydroxyl groups excluding tert-OH is 1. The Hall–Kier alpha value is -1.30. The second kappa shape index (κ2) is 10.4. The van der Waals surface area contributed by atoms with Gasteiger partial charge in [-0.25, -0.2) is 0 Å². The highest BCUT2D eigenvalue weighted by molar-refractivity contribution is 5.85. The zero-order chi connectivity index (χ0) is 15.0. The lowest BCUT2D eigenvalue weighted by molar-refractivity contribution is -0.305. The highest BCUT2D eigenvalue weighted by atomic mass is 35.5. The molecule has 0 fully saturated rings. The summed E-state index contributed by atoms with van der Waals surface area (Å²) in [6, 6.07) is 7.54. The maximum Gasteiger partial charge on any atom is 0.122 e. The number of carbonyl (C=O) groups is 1. The normalized spacial score (nSPS) is 11.8. The van der Waals surface area contributed by atoms with E-state index in [1.54, 1.807) is 6.07 Å². The van der Waals surface area contributed by atoms with Gasteiger partial charge in [-0.05, 0) is 24.5 Å². The number of aliphatic hydroxyl groups is 1. The fraction of sp³-hybridized carbons (Fsp3) is 0.533. The minimum atomic E-state index is -1.08. The van der Waals surface area contributed by atoms with E-state index in [1.165, 1.54) is 0 Å². The van der Waals surface area contributed by atoms with E-state index in [0.717, 1.165) is 5.56 Å². The molecule has 6 heteroatoms. The van der Waals surface area contributed by atoms with Gasteiger partial charge in [0, 0.05) is 18.6 Å². The van der Waals surface area contributed by atoms with Gasteiger partial charge in [-0.2, -0.15) is 0 Å². The second-order valence-electron chi connectivity index (χ2n) is 5.01. The van der Waals surface area contributed by atoms with Crippen molar-refractivity contribution in [1.29, 1.82) is 0 Å². The highest BCUT2D eigenvalue weighted by Gasteiger charge is 2.08. The topological polar surface area (TPSA) is 81.6 Å². The lowest BCUT2D eigenvalue weighted by Crippen LogP contribution is -2.35. The molecule has 0 amide bonds. The van der Waals surface area contributed by atoms with Gasteiger partial charge >= 0.3 is 0 Å². The van der Waals surface area contributed by atoms with Crippen LogP contribution in [0.5, 0.6) is 5.75 Å². The molecule has 21 heavy (non-hydrogen) atoms. The number of aliphatic carboxylic acids is 1. The van der Waals surface area contributed by atoms with E-state index in [4.69, 9.17) is 4.74 Å². The third kappa shape index (κ3) is 8.55. The van der Waals surface area contributed by atoms with Crippen LogP contribution in [0.3, 0.4) is 0 Å². The number of rotatable bonds is 9. The van der Waals surface area contributed by atoms with E-state index in [0.29, 0.717) is 24.8 Å². The number of para-hydroxylation sites is 1. The van der Waals surface area contributed by atoms with Gasteiger partial charge < -0.3 is 25.1 Å². The van der Waals surface area contributed by atoms with Crippen LogP contribution in [0.1, 0.15) is 25.8 Å². The van der Waals surface area contributed by atoms with Crippen molar-refractivity contribution in [2.24, 2.45) is 0 Å². The van der Waals surface area contributed by atoms with E-state index in [9.17, 15) is 15.0 Å². The summed E-state index contributed by atoms with van der Waals surface area (Å²) in [4.78, 5) is 10.5. The molecule has 0 aliphatic rings. The minimum absolute atomic E-state index is 0. The maximum absolute atomic E-state index is 10.5. The smallest absolute Gasteiger partial charge is 0.122 e. The Morgan fingerprint density at radius 2 is 2.05 bits per heavy atom. The predicted molar refractivity (Wildman–Crippen MR) is 81.7 cm³/mol. The fourth-order valence-corrected chi connectivity index (χ4v) is 1.70. The standard InChI is InChI=1S/C15H23NO4.ClH/c1-11(2)16-9-13(17)10-20-14-6-4-3-5-12(14)7-8-15(18)19;/h3-6,11,13,16-17H,7-10H2,1-2H3,(H,18,19);1H/p-1. The number of carbonyl (C=O) groups excluding carboxylic acids is 1. The van der Waals surface area contributed by atoms with Crippen molar-refractivity contribution >= 4 is 18.4 Å². The summed E-state index contributed by atoms with van der Waals surface area (Å²) in [6.45, 7) is 4.63. The fourth-order valence-electron chi connectivity index (χ4n) is 1.70. The zero-order valence-electron chi connectivity index (χ0n) is 12.4. The van der Waals surface area contributed by atoms with E-state index in [1.807, 2.05) is 32.0 Å². The summed E-state index contributed by atoms with van der Waals surface area (Å²) >= 11 is 0. The first-order valence-corrected chi connectivity index (χ1v) is 6.81. The van der Waals surface area contributed by atoms with Crippen molar-refractivity contribution in [3.63, 3.8) is 0 Å². The molecular weight excluding hydrogens is 294 g/mol. The molecule has 0 aliphatic carbocycles. The average molecular weight is 317 g/mol. The summed E-state index contributed by atoms with van der Waals surface area (Å²) in [5.41, 5.74) is 0.806. The number of hydrogen-bond acceptors (Lipinski definition) is 5. The second-order valence-corrected chi connectivity index (χ2v) is 5.01. The van der Waals surface area contributed by atoms with Crippen LogP contribution in [0.25, 0.3) is 0 Å². The number of halogens is 1. The minimum Gasteiger partial charge on any atom is -0.550 e. The molecule has 1 aromatic rings. The van der Waals surface area contributed by atoms with E-state index in [-0.39, 0.29) is 25.4 Å². The van der Waals surface area contributed by atoms with E-state index >= 15 is 0 Å². The van der Waals surface area contributed by atoms with Gasteiger partial charge in [-0.1, -0.05) is 32.0 Å². The molecule has 0 bridgehead atoms. The van der Waals surface area contributed by atoms with Gasteiger partial charge in [0.1, 0.15) is 18.5 Å². The van der Waals surface area contributed by atoms with Crippen molar-refractivity contribution < 1.29 is 19.7 Å². The number of carboxylic acid groups (broad SMARTS) is 1. The van der Waals surface area contributed by atoms with Crippen molar-refractivity contribution in [2.75, 3.05) is 13.2 Å². The zero-order valence-corrected chi connectivity index (χ0v) is 13.2. The Bertz CT molecular complexity index is 426. The molecule has 0 aromatic heterocycles. The summed E-state index contributed by atoms with van der Waals surface area (Å²) in [6.07, 6.45) is -0.289. The van der Waals surface area contributed by atoms with Crippen LogP contribution in [0, 0.1) is 0 Å². The molecule has 0 heterocycles. The molecule has 5 nitrogen and oxygen atoms in total. The Balaban J connectivity index is 0.00000400. The summed E-state index contributed by atoms with van der Waals surface area (Å²) in [5.74, 6) is -0.474. The predicted octanol–water partition coefficient (Wildman–Crippen LogP) is 0.529. The van der Waals surface area contributed by atoms with Crippen molar-refractivity contribution in [1.82, 2.24) is 5.32 Å². The summed E-state index contributed by atoms with van der Waals surface area (Å²) in [5, 5.41) is 23.4. The van der Waals surface area contributed by atoms with Crippen LogP contribution in [-0.2, 0) is 11.2 Å². The van der Waals surface area contributed by atoms with Gasteiger partial charge in [0.2, 0.25) is 0 Å². The Morgan fingerprint density at radius 3 is 2.67 bits per heavy atom. The van der Waals surface area contributed by atoms with Crippen LogP contribution in [-0.4, -0.2) is 36.4 Å². The first-order chi connectivity index (χ1) is 9.49. The van der Waals surface area contributed by atoms with E-state index in [2.05, 4.69) is 5.32 Å². The molecule has 0 radical (unpaired) electrons. The van der Waals surface area contributed by atoms with Gasteiger partial charge in [0.15, 0.2) is 0 Å². The number of nitrogens with one attached hydrogen (secondary N) is 1. The molecule has 2 N–H and O–H groups in total. The molecule has 120 valence electrons. The van der Waals surface area contributed by atoms with Crippen molar-refractivity contribution in [3.05, 3.63) is 29.8 Å². The van der Waals surface area contributed by atoms with Crippen molar-refractivity contribution in [2.45, 2.75) is 38.8 Å². The van der Waals surface area contributed by atoms with Gasteiger partial charge in [-0.3, -0.25) is 0 Å². The van der Waals surface area contributed by atoms with E-state index < -0.39 is 12.1 Å². The Kier molecular flexibility index (Phi) is 9.78. The molecule has 0 saturated heterocycles. The number of hydrogen-bond donors (Lipinski definition) is 2. The average Bonchev–Trinajstić information content (AvgIpc) is 2.41. The van der Waals surface area contributed by atoms with Crippen LogP contribution in [0.4, 0.5) is 0 Å². The third-order valence-corrected chi connectivity index (χ3v) is 2.76. The quantitative estimate of drug-likeness (QED) is 0.694. The summed E-state index contributed by atoms with van der Waals surface area (Å²) in [7, 11) is 0. The lowest BCUT2D eigenvalue weighted by Gasteiger charge is -2.16. The number of aryl methyl sites for hydroxylation is 1. The first-order valence-electron chi connectivity index (χ1n) is 6.81. The molecule has 1 atom stereocenters. The Labute approximate surface area is 131 Å². The molecule has 0 saturated carbocycles.